The molecule has 4 heterocycles. The van der Waals surface area contributed by atoms with Crippen molar-refractivity contribution in [1.29, 1.82) is 0 Å². The highest BCUT2D eigenvalue weighted by Crippen LogP contribution is 2.57. The van der Waals surface area contributed by atoms with Gasteiger partial charge in [0.05, 0.1) is 28.4 Å². The van der Waals surface area contributed by atoms with Gasteiger partial charge in [-0.25, -0.2) is 0 Å². The van der Waals surface area contributed by atoms with Crippen molar-refractivity contribution in [2.24, 2.45) is 0 Å². The van der Waals surface area contributed by atoms with Crippen molar-refractivity contribution < 1.29 is 4.74 Å². The zero-order chi connectivity index (χ0) is 48.7. The van der Waals surface area contributed by atoms with Gasteiger partial charge in [0, 0.05) is 66.7 Å². The predicted molar refractivity (Wildman–Crippen MR) is 309 cm³/mol. The van der Waals surface area contributed by atoms with Gasteiger partial charge in [0.2, 0.25) is 0 Å². The Labute approximate surface area is 435 Å². The average molecular weight is 966 g/mol. The molecule has 11 aromatic carbocycles. The van der Waals surface area contributed by atoms with Gasteiger partial charge in [-0.15, -0.1) is 0 Å². The van der Waals surface area contributed by atoms with E-state index in [1.807, 2.05) is 11.8 Å². The minimum absolute atomic E-state index is 0.203. The van der Waals surface area contributed by atoms with Crippen molar-refractivity contribution >= 4 is 120 Å². The van der Waals surface area contributed by atoms with Crippen LogP contribution in [-0.2, 0) is 0 Å². The van der Waals surface area contributed by atoms with Gasteiger partial charge in [-0.05, 0) is 150 Å². The van der Waals surface area contributed by atoms with E-state index in [2.05, 4.69) is 291 Å². The van der Waals surface area contributed by atoms with Crippen LogP contribution in [0.2, 0.25) is 0 Å². The second kappa shape index (κ2) is 17.2. The topological polar surface area (TPSA) is 25.4 Å². The third-order valence-electron chi connectivity index (χ3n) is 14.7. The van der Waals surface area contributed by atoms with Gasteiger partial charge in [0.15, 0.2) is 11.5 Å². The van der Waals surface area contributed by atoms with E-state index in [0.29, 0.717) is 0 Å². The maximum absolute atomic E-state index is 7.10. The van der Waals surface area contributed by atoms with E-state index >= 15 is 0 Å². The monoisotopic (exact) mass is 965 g/mol. The van der Waals surface area contributed by atoms with E-state index in [9.17, 15) is 0 Å². The molecule has 0 aliphatic carbocycles. The fourth-order valence-electron chi connectivity index (χ4n) is 11.6. The van der Waals surface area contributed by atoms with E-state index in [1.54, 1.807) is 0 Å². The molecule has 0 radical (unpaired) electrons. The van der Waals surface area contributed by atoms with Crippen molar-refractivity contribution in [3.05, 3.63) is 267 Å². The van der Waals surface area contributed by atoms with Crippen molar-refractivity contribution in [3.63, 3.8) is 0 Å². The molecule has 8 heteroatoms. The molecule has 0 unspecified atom stereocenters. The highest BCUT2D eigenvalue weighted by molar-refractivity contribution is 7.99. The van der Waals surface area contributed by atoms with Crippen molar-refractivity contribution in [2.75, 3.05) is 24.5 Å². The van der Waals surface area contributed by atoms with Crippen LogP contribution in [0.1, 0.15) is 0 Å². The summed E-state index contributed by atoms with van der Waals surface area (Å²) in [4.78, 5) is 14.6. The van der Waals surface area contributed by atoms with Gasteiger partial charge >= 0.3 is 0 Å². The zero-order valence-electron chi connectivity index (χ0n) is 40.0. The number of fused-ring (bicyclic) bond motifs is 8. The maximum Gasteiger partial charge on any atom is 0.252 e. The fraction of sp³-hybridized carbons (Fsp3) is 0. The molecule has 4 aliphatic rings. The Morgan fingerprint density at radius 2 is 0.716 bits per heavy atom. The molecule has 15 rings (SSSR count). The Balaban J connectivity index is 1.07. The largest absolute Gasteiger partial charge is 0.453 e. The van der Waals surface area contributed by atoms with Gasteiger partial charge in [0.1, 0.15) is 0 Å². The lowest BCUT2D eigenvalue weighted by Crippen LogP contribution is -2.61. The third-order valence-corrected chi connectivity index (χ3v) is 15.8. The first-order valence-electron chi connectivity index (χ1n) is 25.1. The van der Waals surface area contributed by atoms with E-state index in [1.165, 1.54) is 26.2 Å². The summed E-state index contributed by atoms with van der Waals surface area (Å²) in [5.74, 6) is 1.63. The molecule has 0 spiro atoms. The summed E-state index contributed by atoms with van der Waals surface area (Å²) in [6.45, 7) is -0.203. The number of benzene rings is 11. The maximum atomic E-state index is 7.10. The minimum Gasteiger partial charge on any atom is -0.453 e. The van der Waals surface area contributed by atoms with Gasteiger partial charge in [-0.2, -0.15) is 0 Å². The number of ether oxygens (including phenoxy) is 1. The first-order chi connectivity index (χ1) is 36.7. The number of anilines is 15. The molecule has 348 valence electrons. The van der Waals surface area contributed by atoms with Crippen LogP contribution in [-0.4, -0.2) is 6.71 Å². The molecular formula is C66H44BN5OS. The third kappa shape index (κ3) is 6.69. The van der Waals surface area contributed by atoms with Crippen LogP contribution in [0.5, 0.6) is 11.5 Å². The highest BCUT2D eigenvalue weighted by atomic mass is 32.2. The van der Waals surface area contributed by atoms with E-state index in [-0.39, 0.29) is 6.71 Å². The Hall–Kier alpha value is -9.37. The molecule has 0 saturated heterocycles. The normalized spacial score (nSPS) is 13.3. The van der Waals surface area contributed by atoms with Gasteiger partial charge in [0.25, 0.3) is 6.71 Å². The summed E-state index contributed by atoms with van der Waals surface area (Å²) in [5.41, 5.74) is 19.8. The molecule has 0 aromatic heterocycles. The molecule has 0 bridgehead atoms. The molecule has 0 fully saturated rings. The molecule has 74 heavy (non-hydrogen) atoms. The first-order valence-corrected chi connectivity index (χ1v) is 25.9. The lowest BCUT2D eigenvalue weighted by atomic mass is 9.33. The average Bonchev–Trinajstić information content (AvgIpc) is 3.46. The molecule has 0 N–H and O–H groups in total. The summed E-state index contributed by atoms with van der Waals surface area (Å²) < 4.78 is 7.10. The van der Waals surface area contributed by atoms with Crippen molar-refractivity contribution in [3.8, 4) is 11.5 Å². The second-order valence-corrected chi connectivity index (χ2v) is 20.0. The molecule has 0 atom stereocenters. The quantitative estimate of drug-likeness (QED) is 0.147. The number of rotatable bonds is 7. The molecule has 11 aromatic rings. The predicted octanol–water partition coefficient (Wildman–Crippen LogP) is 16.7. The Morgan fingerprint density at radius 3 is 1.26 bits per heavy atom. The zero-order valence-corrected chi connectivity index (χ0v) is 40.8. The summed E-state index contributed by atoms with van der Waals surface area (Å²) in [5, 5.41) is 0. The number of nitrogens with zero attached hydrogens (tertiary/aromatic N) is 5. The summed E-state index contributed by atoms with van der Waals surface area (Å²) >= 11 is 1.85. The molecule has 0 saturated carbocycles. The Morgan fingerprint density at radius 1 is 0.297 bits per heavy atom. The summed E-state index contributed by atoms with van der Waals surface area (Å²) in [7, 11) is 0. The lowest BCUT2D eigenvalue weighted by molar-refractivity contribution is 0.477. The van der Waals surface area contributed by atoms with Crippen LogP contribution in [0, 0.1) is 0 Å². The number of para-hydroxylation sites is 9. The lowest BCUT2D eigenvalue weighted by Gasteiger charge is -2.46. The molecule has 6 nitrogen and oxygen atoms in total. The van der Waals surface area contributed by atoms with Crippen LogP contribution in [0.25, 0.3) is 0 Å². The first kappa shape index (κ1) is 42.3. The summed E-state index contributed by atoms with van der Waals surface area (Å²) in [6.07, 6.45) is 0. The smallest absolute Gasteiger partial charge is 0.252 e. The van der Waals surface area contributed by atoms with Gasteiger partial charge in [-0.3, -0.25) is 0 Å². The van der Waals surface area contributed by atoms with E-state index in [4.69, 9.17) is 4.74 Å². The number of hydrogen-bond acceptors (Lipinski definition) is 7. The molecule has 4 aliphatic heterocycles. The van der Waals surface area contributed by atoms with E-state index in [0.717, 1.165) is 96.8 Å². The standard InChI is InChI=1S/C66H44BN5OS/c1-7-23-45(24-8-1)68(46-25-9-2-10-26-46)51-39-60-66-61(40-51)72(50-33-17-6-18-34-50)57-44-59-65(74-64-38-22-20-36-55(64)70(59)48-29-13-4-14-30-48)42-53(57)67(66)52-41-63-58(43-56(52)71(60)49-31-15-5-16-32-49)69(47-27-11-3-12-28-47)54-35-19-21-37-62(54)73-63/h1-44H. The van der Waals surface area contributed by atoms with Crippen LogP contribution in [0.3, 0.4) is 0 Å². The van der Waals surface area contributed by atoms with Crippen molar-refractivity contribution in [1.82, 2.24) is 0 Å². The number of hydrogen-bond donors (Lipinski definition) is 0. The van der Waals surface area contributed by atoms with Crippen LogP contribution in [0.15, 0.2) is 277 Å². The second-order valence-electron chi connectivity index (χ2n) is 18.9. The van der Waals surface area contributed by atoms with Crippen LogP contribution >= 0.6 is 11.8 Å². The van der Waals surface area contributed by atoms with Crippen LogP contribution in [0.4, 0.5) is 85.3 Å². The fourth-order valence-corrected chi connectivity index (χ4v) is 12.7. The van der Waals surface area contributed by atoms with E-state index < -0.39 is 0 Å². The SMILES string of the molecule is c1ccc(N(c2ccccc2)c2cc3c4c(c2)N(c2ccccc2)c2cc5c(cc2B4c2cc4c(cc2N3c2ccccc2)N(c2ccccc2)c2ccccc2O4)Sc2ccccc2N5c2ccccc2)cc1. The Bertz CT molecular complexity index is 3690. The molecule has 0 amide bonds. The Kier molecular flexibility index (Phi) is 9.81. The van der Waals surface area contributed by atoms with Gasteiger partial charge in [-0.1, -0.05) is 145 Å². The highest BCUT2D eigenvalue weighted by Gasteiger charge is 2.46. The minimum atomic E-state index is -0.203. The van der Waals surface area contributed by atoms with Crippen molar-refractivity contribution in [2.45, 2.75) is 9.79 Å². The van der Waals surface area contributed by atoms with Gasteiger partial charge < -0.3 is 29.2 Å². The van der Waals surface area contributed by atoms with Crippen LogP contribution < -0.4 is 45.6 Å². The summed E-state index contributed by atoms with van der Waals surface area (Å²) in [6, 6.07) is 96.5. The molecular weight excluding hydrogens is 922 g/mol.